The predicted octanol–water partition coefficient (Wildman–Crippen LogP) is 3.14. The fourth-order valence-corrected chi connectivity index (χ4v) is 4.88. The molecule has 0 amide bonds. The third-order valence-corrected chi connectivity index (χ3v) is 6.56. The van der Waals surface area contributed by atoms with E-state index in [1.165, 1.54) is 0 Å². The molecule has 1 N–H and O–H groups in total. The number of rotatable bonds is 2. The van der Waals surface area contributed by atoms with Crippen LogP contribution in [0.5, 0.6) is 0 Å². The summed E-state index contributed by atoms with van der Waals surface area (Å²) in [6, 6.07) is 13.5. The van der Waals surface area contributed by atoms with Crippen LogP contribution in [-0.4, -0.2) is 25.6 Å². The van der Waals surface area contributed by atoms with Gasteiger partial charge in [0.2, 0.25) is 0 Å². The minimum absolute atomic E-state index is 0.113. The van der Waals surface area contributed by atoms with Crippen molar-refractivity contribution in [2.24, 2.45) is 0 Å². The molecule has 0 aliphatic carbocycles. The molecule has 32 heavy (non-hydrogen) atoms. The molecule has 7 nitrogen and oxygen atoms in total. The van der Waals surface area contributed by atoms with Gasteiger partial charge in [-0.1, -0.05) is 25.1 Å². The van der Waals surface area contributed by atoms with Crippen LogP contribution in [-0.2, 0) is 28.3 Å². The smallest absolute Gasteiger partial charge is 0.343 e. The molecule has 2 aliphatic rings. The Balaban J connectivity index is 1.69. The number of cyclic esters (lactones) is 1. The topological polar surface area (TPSA) is 94.3 Å². The van der Waals surface area contributed by atoms with Crippen LogP contribution in [0.1, 0.15) is 30.0 Å². The molecule has 0 saturated heterocycles. The quantitative estimate of drug-likeness (QED) is 0.437. The van der Waals surface area contributed by atoms with Gasteiger partial charge in [0.25, 0.3) is 5.56 Å². The van der Waals surface area contributed by atoms with E-state index >= 15 is 0 Å². The van der Waals surface area contributed by atoms with Crippen molar-refractivity contribution in [3.05, 3.63) is 81.9 Å². The Kier molecular flexibility index (Phi) is 3.88. The van der Waals surface area contributed by atoms with Gasteiger partial charge in [-0.2, -0.15) is 0 Å². The zero-order valence-corrected chi connectivity index (χ0v) is 17.3. The van der Waals surface area contributed by atoms with Crippen molar-refractivity contribution in [3.63, 3.8) is 0 Å². The summed E-state index contributed by atoms with van der Waals surface area (Å²) in [6.07, 6.45) is 3.60. The maximum Gasteiger partial charge on any atom is 0.343 e. The van der Waals surface area contributed by atoms with E-state index in [1.807, 2.05) is 36.4 Å². The van der Waals surface area contributed by atoms with Gasteiger partial charge in [-0.25, -0.2) is 9.78 Å². The van der Waals surface area contributed by atoms with Gasteiger partial charge in [0.15, 0.2) is 5.60 Å². The van der Waals surface area contributed by atoms with E-state index < -0.39 is 11.6 Å². The number of benzene rings is 1. The number of carbonyl (C=O) groups is 1. The number of ether oxygens (including phenoxy) is 1. The fraction of sp³-hybridized carbons (Fsp3) is 0.200. The summed E-state index contributed by atoms with van der Waals surface area (Å²) in [7, 11) is 0. The zero-order chi connectivity index (χ0) is 22.0. The highest BCUT2D eigenvalue weighted by Crippen LogP contribution is 2.42. The summed E-state index contributed by atoms with van der Waals surface area (Å²) >= 11 is 0. The molecule has 1 atom stereocenters. The Hall–Kier alpha value is -3.84. The number of aliphatic hydroxyl groups is 1. The molecule has 158 valence electrons. The number of hydrogen-bond acceptors (Lipinski definition) is 6. The Labute approximate surface area is 183 Å². The molecule has 5 heterocycles. The predicted molar refractivity (Wildman–Crippen MR) is 118 cm³/mol. The summed E-state index contributed by atoms with van der Waals surface area (Å²) < 4.78 is 6.82. The SMILES string of the molecule is CC[C@@]1(O)C(=O)OCc2c1cc1n(c2=O)Cc2c-1nc1ccccc1c2-c1ccncc1. The number of esters is 1. The van der Waals surface area contributed by atoms with Crippen LogP contribution in [0, 0.1) is 0 Å². The van der Waals surface area contributed by atoms with E-state index in [4.69, 9.17) is 9.72 Å². The number of para-hydroxylation sites is 1. The van der Waals surface area contributed by atoms with E-state index in [-0.39, 0.29) is 18.6 Å². The highest BCUT2D eigenvalue weighted by atomic mass is 16.6. The van der Waals surface area contributed by atoms with Gasteiger partial charge in [-0.3, -0.25) is 9.78 Å². The van der Waals surface area contributed by atoms with Crippen molar-refractivity contribution in [1.29, 1.82) is 0 Å². The molecular formula is C25H19N3O4. The number of carbonyl (C=O) groups excluding carboxylic acids is 1. The first-order valence-electron chi connectivity index (χ1n) is 10.5. The lowest BCUT2D eigenvalue weighted by molar-refractivity contribution is -0.172. The molecule has 3 aromatic heterocycles. The molecule has 0 fully saturated rings. The molecular weight excluding hydrogens is 406 g/mol. The van der Waals surface area contributed by atoms with Crippen LogP contribution < -0.4 is 5.56 Å². The summed E-state index contributed by atoms with van der Waals surface area (Å²) in [4.78, 5) is 34.9. The highest BCUT2D eigenvalue weighted by molar-refractivity contribution is 5.99. The summed E-state index contributed by atoms with van der Waals surface area (Å²) in [5.41, 5.74) is 3.57. The molecule has 0 saturated carbocycles. The Morgan fingerprint density at radius 2 is 1.91 bits per heavy atom. The average Bonchev–Trinajstić information content (AvgIpc) is 3.19. The number of hydrogen-bond donors (Lipinski definition) is 1. The van der Waals surface area contributed by atoms with Crippen molar-refractivity contribution in [3.8, 4) is 22.5 Å². The van der Waals surface area contributed by atoms with Gasteiger partial charge in [0, 0.05) is 28.9 Å². The molecule has 0 bridgehead atoms. The Bertz CT molecular complexity index is 1490. The lowest BCUT2D eigenvalue weighted by Gasteiger charge is -2.31. The minimum Gasteiger partial charge on any atom is -0.458 e. The number of pyridine rings is 3. The van der Waals surface area contributed by atoms with Crippen LogP contribution >= 0.6 is 0 Å². The van der Waals surface area contributed by atoms with Crippen molar-refractivity contribution >= 4 is 16.9 Å². The lowest BCUT2D eigenvalue weighted by Crippen LogP contribution is -2.44. The molecule has 1 aromatic carbocycles. The second kappa shape index (κ2) is 6.58. The highest BCUT2D eigenvalue weighted by Gasteiger charge is 2.45. The molecule has 0 spiro atoms. The fourth-order valence-electron chi connectivity index (χ4n) is 4.88. The monoisotopic (exact) mass is 425 g/mol. The van der Waals surface area contributed by atoms with Gasteiger partial charge in [-0.05, 0) is 41.8 Å². The van der Waals surface area contributed by atoms with E-state index in [9.17, 15) is 14.7 Å². The van der Waals surface area contributed by atoms with Crippen LogP contribution in [0.25, 0.3) is 33.4 Å². The summed E-state index contributed by atoms with van der Waals surface area (Å²) in [5, 5.41) is 12.1. The largest absolute Gasteiger partial charge is 0.458 e. The standard InChI is InChI=1S/C25H19N3O4/c1-2-25(31)18-11-20-22-16(12-28(20)23(29)17(18)13-32-24(25)30)21(14-7-9-26-10-8-14)15-5-3-4-6-19(15)27-22/h3-11,31H,2,12-13H2,1H3/t25-/m0/s1. The van der Waals surface area contributed by atoms with Crippen molar-refractivity contribution < 1.29 is 14.6 Å². The normalized spacial score (nSPS) is 18.8. The first-order valence-corrected chi connectivity index (χ1v) is 10.5. The van der Waals surface area contributed by atoms with Crippen molar-refractivity contribution in [1.82, 2.24) is 14.5 Å². The van der Waals surface area contributed by atoms with E-state index in [0.717, 1.165) is 27.6 Å². The van der Waals surface area contributed by atoms with Gasteiger partial charge in [0.05, 0.1) is 29.0 Å². The van der Waals surface area contributed by atoms with Crippen molar-refractivity contribution in [2.75, 3.05) is 0 Å². The van der Waals surface area contributed by atoms with Crippen LogP contribution in [0.2, 0.25) is 0 Å². The average molecular weight is 425 g/mol. The molecule has 2 aliphatic heterocycles. The first kappa shape index (κ1) is 18.9. The molecule has 0 radical (unpaired) electrons. The van der Waals surface area contributed by atoms with E-state index in [2.05, 4.69) is 4.98 Å². The summed E-state index contributed by atoms with van der Waals surface area (Å²) in [6.45, 7) is 1.91. The Morgan fingerprint density at radius 1 is 1.12 bits per heavy atom. The maximum atomic E-state index is 13.4. The number of nitrogens with zero attached hydrogens (tertiary/aromatic N) is 3. The lowest BCUT2D eigenvalue weighted by atomic mass is 9.86. The second-order valence-electron chi connectivity index (χ2n) is 8.17. The Morgan fingerprint density at radius 3 is 2.69 bits per heavy atom. The summed E-state index contributed by atoms with van der Waals surface area (Å²) in [5.74, 6) is -0.723. The van der Waals surface area contributed by atoms with Crippen molar-refractivity contribution in [2.45, 2.75) is 32.1 Å². The minimum atomic E-state index is -1.84. The van der Waals surface area contributed by atoms with E-state index in [1.54, 1.807) is 30.0 Å². The second-order valence-corrected chi connectivity index (χ2v) is 8.17. The molecule has 4 aromatic rings. The molecule has 0 unspecified atom stereocenters. The molecule has 7 heteroatoms. The number of aromatic nitrogens is 3. The third-order valence-electron chi connectivity index (χ3n) is 6.56. The maximum absolute atomic E-state index is 13.4. The molecule has 6 rings (SSSR count). The van der Waals surface area contributed by atoms with Gasteiger partial charge in [-0.15, -0.1) is 0 Å². The van der Waals surface area contributed by atoms with Gasteiger partial charge < -0.3 is 14.4 Å². The first-order chi connectivity index (χ1) is 15.5. The van der Waals surface area contributed by atoms with E-state index in [0.29, 0.717) is 29.1 Å². The zero-order valence-electron chi connectivity index (χ0n) is 17.3. The van der Waals surface area contributed by atoms with Gasteiger partial charge >= 0.3 is 5.97 Å². The third kappa shape index (κ3) is 2.39. The van der Waals surface area contributed by atoms with Gasteiger partial charge in [0.1, 0.15) is 6.61 Å². The van der Waals surface area contributed by atoms with Crippen LogP contribution in [0.15, 0.2) is 59.7 Å². The van der Waals surface area contributed by atoms with Crippen LogP contribution in [0.3, 0.4) is 0 Å². The number of fused-ring (bicyclic) bond motifs is 5. The van der Waals surface area contributed by atoms with Crippen LogP contribution in [0.4, 0.5) is 0 Å².